The van der Waals surface area contributed by atoms with Gasteiger partial charge in [-0.3, -0.25) is 4.79 Å². The molecular weight excluding hydrogens is 236 g/mol. The molecule has 0 bridgehead atoms. The minimum absolute atomic E-state index is 0.0842. The fraction of sp³-hybridized carbons (Fsp3) is 0.833. The molecule has 2 N–H and O–H groups in total. The summed E-state index contributed by atoms with van der Waals surface area (Å²) in [4.78, 5) is 24.2. The zero-order valence-corrected chi connectivity index (χ0v) is 10.9. The first-order chi connectivity index (χ1) is 8.63. The van der Waals surface area contributed by atoms with Gasteiger partial charge in [0, 0.05) is 39.8 Å². The van der Waals surface area contributed by atoms with Crippen LogP contribution in [0.25, 0.3) is 0 Å². The van der Waals surface area contributed by atoms with Crippen molar-refractivity contribution in [2.45, 2.75) is 25.7 Å². The Labute approximate surface area is 107 Å². The summed E-state index contributed by atoms with van der Waals surface area (Å²) in [5, 5.41) is 11.6. The largest absolute Gasteiger partial charge is 0.481 e. The summed E-state index contributed by atoms with van der Waals surface area (Å²) in [5.74, 6) is -0.705. The molecule has 18 heavy (non-hydrogen) atoms. The molecule has 1 unspecified atom stereocenters. The first kappa shape index (κ1) is 14.8. The molecule has 1 fully saturated rings. The molecule has 1 atom stereocenters. The molecule has 1 aliphatic heterocycles. The predicted octanol–water partition coefficient (Wildman–Crippen LogP) is 0.919. The van der Waals surface area contributed by atoms with Crippen LogP contribution in [0.4, 0.5) is 4.79 Å². The van der Waals surface area contributed by atoms with Crippen LogP contribution in [0.1, 0.15) is 25.7 Å². The van der Waals surface area contributed by atoms with Gasteiger partial charge in [-0.25, -0.2) is 4.79 Å². The van der Waals surface area contributed by atoms with Gasteiger partial charge in [0.2, 0.25) is 0 Å². The van der Waals surface area contributed by atoms with E-state index < -0.39 is 5.97 Å². The van der Waals surface area contributed by atoms with E-state index in [2.05, 4.69) is 5.32 Å². The Morgan fingerprint density at radius 3 is 2.94 bits per heavy atom. The molecule has 1 aliphatic rings. The lowest BCUT2D eigenvalue weighted by atomic mass is 9.95. The number of aliphatic carboxylic acids is 1. The number of hydrogen-bond donors (Lipinski definition) is 2. The number of hydrogen-bond acceptors (Lipinski definition) is 3. The van der Waals surface area contributed by atoms with E-state index >= 15 is 0 Å². The number of nitrogens with zero attached hydrogens (tertiary/aromatic N) is 1. The number of methoxy groups -OCH3 is 1. The van der Waals surface area contributed by atoms with Gasteiger partial charge in [-0.1, -0.05) is 0 Å². The Morgan fingerprint density at radius 1 is 1.50 bits per heavy atom. The standard InChI is InChI=1S/C12H22N2O4/c1-18-7-3-5-13-12(17)14-6-2-4-10(9-14)8-11(15)16/h10H,2-9H2,1H3,(H,13,17)(H,15,16). The van der Waals surface area contributed by atoms with Gasteiger partial charge in [-0.05, 0) is 25.2 Å². The lowest BCUT2D eigenvalue weighted by Gasteiger charge is -2.32. The second-order valence-corrected chi connectivity index (χ2v) is 4.63. The number of piperidine rings is 1. The van der Waals surface area contributed by atoms with Crippen LogP contribution in [0.2, 0.25) is 0 Å². The average Bonchev–Trinajstić information content (AvgIpc) is 2.34. The Morgan fingerprint density at radius 2 is 2.28 bits per heavy atom. The van der Waals surface area contributed by atoms with Crippen LogP contribution in [-0.2, 0) is 9.53 Å². The Kier molecular flexibility index (Phi) is 6.49. The molecule has 1 rings (SSSR count). The third kappa shape index (κ3) is 5.35. The summed E-state index contributed by atoms with van der Waals surface area (Å²) in [5.41, 5.74) is 0. The van der Waals surface area contributed by atoms with Crippen molar-refractivity contribution in [3.05, 3.63) is 0 Å². The van der Waals surface area contributed by atoms with E-state index in [1.54, 1.807) is 12.0 Å². The second-order valence-electron chi connectivity index (χ2n) is 4.63. The molecule has 6 nitrogen and oxygen atoms in total. The molecule has 104 valence electrons. The first-order valence-corrected chi connectivity index (χ1v) is 6.37. The van der Waals surface area contributed by atoms with E-state index in [-0.39, 0.29) is 18.4 Å². The molecule has 0 aromatic heterocycles. The summed E-state index contributed by atoms with van der Waals surface area (Å²) in [6, 6.07) is -0.0961. The third-order valence-electron chi connectivity index (χ3n) is 3.07. The maximum atomic E-state index is 11.8. The number of urea groups is 1. The normalized spacial score (nSPS) is 19.6. The summed E-state index contributed by atoms with van der Waals surface area (Å²) in [7, 11) is 1.63. The van der Waals surface area contributed by atoms with Gasteiger partial charge >= 0.3 is 12.0 Å². The van der Waals surface area contributed by atoms with Crippen molar-refractivity contribution in [3.8, 4) is 0 Å². The average molecular weight is 258 g/mol. The lowest BCUT2D eigenvalue weighted by Crippen LogP contribution is -2.46. The molecule has 2 amide bonds. The molecule has 1 saturated heterocycles. The number of carbonyl (C=O) groups is 2. The van der Waals surface area contributed by atoms with Crippen LogP contribution in [-0.4, -0.2) is 55.4 Å². The number of carboxylic acid groups (broad SMARTS) is 1. The number of amides is 2. The molecule has 0 aromatic carbocycles. The van der Waals surface area contributed by atoms with Crippen LogP contribution < -0.4 is 5.32 Å². The number of carbonyl (C=O) groups excluding carboxylic acids is 1. The van der Waals surface area contributed by atoms with E-state index in [1.165, 1.54) is 0 Å². The zero-order chi connectivity index (χ0) is 13.4. The minimum Gasteiger partial charge on any atom is -0.481 e. The van der Waals surface area contributed by atoms with Gasteiger partial charge in [0.05, 0.1) is 0 Å². The molecule has 0 aliphatic carbocycles. The highest BCUT2D eigenvalue weighted by atomic mass is 16.5. The van der Waals surface area contributed by atoms with Gasteiger partial charge in [0.15, 0.2) is 0 Å². The van der Waals surface area contributed by atoms with Crippen LogP contribution in [0.15, 0.2) is 0 Å². The van der Waals surface area contributed by atoms with Crippen molar-refractivity contribution in [1.29, 1.82) is 0 Å². The molecule has 0 aromatic rings. The molecule has 1 heterocycles. The fourth-order valence-electron chi connectivity index (χ4n) is 2.19. The SMILES string of the molecule is COCCCNC(=O)N1CCCC(CC(=O)O)C1. The highest BCUT2D eigenvalue weighted by Gasteiger charge is 2.24. The van der Waals surface area contributed by atoms with Gasteiger partial charge in [-0.15, -0.1) is 0 Å². The topological polar surface area (TPSA) is 78.9 Å². The number of rotatable bonds is 6. The van der Waals surface area contributed by atoms with Crippen molar-refractivity contribution in [1.82, 2.24) is 10.2 Å². The third-order valence-corrected chi connectivity index (χ3v) is 3.07. The van der Waals surface area contributed by atoms with E-state index in [0.29, 0.717) is 26.2 Å². The Hall–Kier alpha value is -1.30. The number of nitrogens with one attached hydrogen (secondary N) is 1. The van der Waals surface area contributed by atoms with E-state index in [0.717, 1.165) is 19.3 Å². The Bertz CT molecular complexity index is 283. The summed E-state index contributed by atoms with van der Waals surface area (Å²) >= 11 is 0. The number of ether oxygens (including phenoxy) is 1. The van der Waals surface area contributed by atoms with Crippen molar-refractivity contribution in [2.75, 3.05) is 33.4 Å². The van der Waals surface area contributed by atoms with Gasteiger partial charge < -0.3 is 20.1 Å². The van der Waals surface area contributed by atoms with Gasteiger partial charge in [-0.2, -0.15) is 0 Å². The summed E-state index contributed by atoms with van der Waals surface area (Å²) in [6.07, 6.45) is 2.70. The van der Waals surface area contributed by atoms with E-state index in [4.69, 9.17) is 9.84 Å². The van der Waals surface area contributed by atoms with Crippen molar-refractivity contribution < 1.29 is 19.4 Å². The Balaban J connectivity index is 2.27. The predicted molar refractivity (Wildman–Crippen MR) is 66.4 cm³/mol. The van der Waals surface area contributed by atoms with E-state index in [9.17, 15) is 9.59 Å². The summed E-state index contributed by atoms with van der Waals surface area (Å²) < 4.78 is 4.90. The van der Waals surface area contributed by atoms with Crippen LogP contribution in [0.5, 0.6) is 0 Å². The zero-order valence-electron chi connectivity index (χ0n) is 10.9. The quantitative estimate of drug-likeness (QED) is 0.694. The van der Waals surface area contributed by atoms with Crippen LogP contribution >= 0.6 is 0 Å². The highest BCUT2D eigenvalue weighted by Crippen LogP contribution is 2.19. The van der Waals surface area contributed by atoms with Crippen molar-refractivity contribution >= 4 is 12.0 Å². The highest BCUT2D eigenvalue weighted by molar-refractivity contribution is 5.74. The fourth-order valence-corrected chi connectivity index (χ4v) is 2.19. The molecule has 0 spiro atoms. The maximum Gasteiger partial charge on any atom is 0.317 e. The number of likely N-dealkylation sites (tertiary alicyclic amines) is 1. The monoisotopic (exact) mass is 258 g/mol. The van der Waals surface area contributed by atoms with Crippen LogP contribution in [0, 0.1) is 5.92 Å². The van der Waals surface area contributed by atoms with Gasteiger partial charge in [0.1, 0.15) is 0 Å². The molecule has 0 saturated carbocycles. The minimum atomic E-state index is -0.789. The van der Waals surface area contributed by atoms with Crippen molar-refractivity contribution in [2.24, 2.45) is 5.92 Å². The van der Waals surface area contributed by atoms with E-state index in [1.807, 2.05) is 0 Å². The molecule has 0 radical (unpaired) electrons. The van der Waals surface area contributed by atoms with Crippen LogP contribution in [0.3, 0.4) is 0 Å². The van der Waals surface area contributed by atoms with Gasteiger partial charge in [0.25, 0.3) is 0 Å². The second kappa shape index (κ2) is 7.92. The van der Waals surface area contributed by atoms with Crippen molar-refractivity contribution in [3.63, 3.8) is 0 Å². The first-order valence-electron chi connectivity index (χ1n) is 6.37. The smallest absolute Gasteiger partial charge is 0.317 e. The molecule has 6 heteroatoms. The molecular formula is C12H22N2O4. The summed E-state index contributed by atoms with van der Waals surface area (Å²) in [6.45, 7) is 2.48. The number of carboxylic acids is 1. The lowest BCUT2D eigenvalue weighted by molar-refractivity contribution is -0.138. The maximum absolute atomic E-state index is 11.8.